The van der Waals surface area contributed by atoms with E-state index in [1.54, 1.807) is 0 Å². The monoisotopic (exact) mass is 215 g/mol. The van der Waals surface area contributed by atoms with Gasteiger partial charge in [0.25, 0.3) is 5.82 Å². The van der Waals surface area contributed by atoms with Crippen LogP contribution in [0, 0.1) is 15.3 Å². The zero-order valence-electron chi connectivity index (χ0n) is 9.10. The van der Waals surface area contributed by atoms with E-state index >= 15 is 0 Å². The van der Waals surface area contributed by atoms with Crippen LogP contribution in [0.3, 0.4) is 0 Å². The van der Waals surface area contributed by atoms with Gasteiger partial charge in [-0.3, -0.25) is 0 Å². The number of aromatic nitrogens is 2. The number of aromatic amines is 1. The van der Waals surface area contributed by atoms with Crippen molar-refractivity contribution in [2.75, 3.05) is 0 Å². The second-order valence-electron chi connectivity index (χ2n) is 3.20. The van der Waals surface area contributed by atoms with Crippen molar-refractivity contribution in [3.05, 3.63) is 33.5 Å². The Morgan fingerprint density at radius 2 is 2.07 bits per heavy atom. The van der Waals surface area contributed by atoms with E-state index < -0.39 is 5.09 Å². The van der Waals surface area contributed by atoms with Gasteiger partial charge in [0.05, 0.1) is 12.1 Å². The lowest BCUT2D eigenvalue weighted by atomic mass is 10.2. The molecule has 0 aliphatic heterocycles. The van der Waals surface area contributed by atoms with Gasteiger partial charge in [0.2, 0.25) is 0 Å². The first-order chi connectivity index (χ1) is 7.07. The van der Waals surface area contributed by atoms with Crippen LogP contribution in [-0.4, -0.2) is 10.1 Å². The molecule has 86 valence electrons. The van der Waals surface area contributed by atoms with Crippen LogP contribution in [0.25, 0.3) is 0 Å². The highest BCUT2D eigenvalue weighted by molar-refractivity contribution is 4.76. The summed E-state index contributed by atoms with van der Waals surface area (Å²) in [7, 11) is 2.08. The van der Waals surface area contributed by atoms with E-state index in [4.69, 9.17) is 15.3 Å². The first-order valence-corrected chi connectivity index (χ1v) is 4.91. The van der Waals surface area contributed by atoms with E-state index in [1.165, 1.54) is 31.5 Å². The summed E-state index contributed by atoms with van der Waals surface area (Å²) in [6.45, 7) is 2.23. The molecule has 0 saturated heterocycles. The van der Waals surface area contributed by atoms with Crippen molar-refractivity contribution in [1.82, 2.24) is 4.98 Å². The highest BCUT2D eigenvalue weighted by atomic mass is 16.9. The van der Waals surface area contributed by atoms with Crippen molar-refractivity contribution in [2.24, 2.45) is 7.05 Å². The highest BCUT2D eigenvalue weighted by Crippen LogP contribution is 1.99. The van der Waals surface area contributed by atoms with Crippen LogP contribution in [0.2, 0.25) is 0 Å². The number of imidazole rings is 1. The number of aryl methyl sites for hydroxylation is 2. The maximum absolute atomic E-state index is 8.25. The molecule has 0 aliphatic rings. The van der Waals surface area contributed by atoms with Gasteiger partial charge in [0.1, 0.15) is 12.4 Å². The molecule has 0 aromatic carbocycles. The summed E-state index contributed by atoms with van der Waals surface area (Å²) >= 11 is 0. The summed E-state index contributed by atoms with van der Waals surface area (Å²) in [5.41, 5.74) is 0. The lowest BCUT2D eigenvalue weighted by Crippen LogP contribution is -2.30. The van der Waals surface area contributed by atoms with Gasteiger partial charge in [-0.15, -0.1) is 0 Å². The van der Waals surface area contributed by atoms with Crippen LogP contribution in [0.4, 0.5) is 0 Å². The van der Waals surface area contributed by atoms with E-state index in [9.17, 15) is 0 Å². The quantitative estimate of drug-likeness (QED) is 0.356. The Hall–Kier alpha value is -1.59. The fourth-order valence-corrected chi connectivity index (χ4v) is 1.23. The summed E-state index contributed by atoms with van der Waals surface area (Å²) in [4.78, 5) is 11.5. The summed E-state index contributed by atoms with van der Waals surface area (Å²) in [6.07, 6.45) is 9.15. The Morgan fingerprint density at radius 3 is 2.47 bits per heavy atom. The Kier molecular flexibility index (Phi) is 6.96. The highest BCUT2D eigenvalue weighted by Gasteiger charge is 2.03. The van der Waals surface area contributed by atoms with E-state index in [-0.39, 0.29) is 0 Å². The minimum atomic E-state index is -1.75. The molecule has 15 heavy (non-hydrogen) atoms. The summed E-state index contributed by atoms with van der Waals surface area (Å²) in [5, 5.41) is 14.8. The molecule has 0 spiro atoms. The predicted molar refractivity (Wildman–Crippen MR) is 55.6 cm³/mol. The maximum atomic E-state index is 8.25. The van der Waals surface area contributed by atoms with Crippen molar-refractivity contribution in [1.29, 1.82) is 0 Å². The molecule has 6 heteroatoms. The third kappa shape index (κ3) is 7.48. The molecule has 0 atom stereocenters. The fourth-order valence-electron chi connectivity index (χ4n) is 1.23. The van der Waals surface area contributed by atoms with Crippen LogP contribution in [0.15, 0.2) is 12.4 Å². The van der Waals surface area contributed by atoms with Gasteiger partial charge < -0.3 is 15.3 Å². The summed E-state index contributed by atoms with van der Waals surface area (Å²) in [5.74, 6) is 1.33. The van der Waals surface area contributed by atoms with E-state index in [2.05, 4.69) is 29.7 Å². The number of hydrogen-bond acceptors (Lipinski definition) is 3. The van der Waals surface area contributed by atoms with E-state index in [0.29, 0.717) is 0 Å². The molecule has 0 saturated carbocycles. The average molecular weight is 215 g/mol. The molecule has 1 rings (SSSR count). The molecule has 0 amide bonds. The van der Waals surface area contributed by atoms with Gasteiger partial charge in [-0.2, -0.15) is 0 Å². The van der Waals surface area contributed by atoms with Crippen LogP contribution in [0.5, 0.6) is 0 Å². The first-order valence-electron chi connectivity index (χ1n) is 4.91. The molecule has 1 aromatic heterocycles. The molecule has 0 fully saturated rings. The van der Waals surface area contributed by atoms with Gasteiger partial charge in [0, 0.05) is 6.42 Å². The van der Waals surface area contributed by atoms with Crippen LogP contribution in [0.1, 0.15) is 32.0 Å². The third-order valence-corrected chi connectivity index (χ3v) is 1.99. The standard InChI is InChI=1S/C9H16N2.NO3/c1-3-4-5-6-9-10-7-8-11(9)2;2-1(3)4/h7-8H,3-6H2,1-2H3;/q;-1/p+1. The number of H-pyrrole nitrogens is 1. The average Bonchev–Trinajstić information content (AvgIpc) is 2.51. The fraction of sp³-hybridized carbons (Fsp3) is 0.667. The SMILES string of the molecule is CCCCCc1[nH]cc[n+]1C.O=[N+]([O-])[O-]. The second-order valence-corrected chi connectivity index (χ2v) is 3.20. The largest absolute Gasteiger partial charge is 0.356 e. The Morgan fingerprint density at radius 1 is 1.47 bits per heavy atom. The molecule has 0 radical (unpaired) electrons. The number of nitrogens with one attached hydrogen (secondary N) is 1. The van der Waals surface area contributed by atoms with Crippen LogP contribution >= 0.6 is 0 Å². The second kappa shape index (κ2) is 7.78. The van der Waals surface area contributed by atoms with Crippen molar-refractivity contribution in [2.45, 2.75) is 32.6 Å². The van der Waals surface area contributed by atoms with E-state index in [1.807, 2.05) is 6.20 Å². The predicted octanol–water partition coefficient (Wildman–Crippen LogP) is 1.33. The van der Waals surface area contributed by atoms with Crippen LogP contribution in [-0.2, 0) is 13.5 Å². The van der Waals surface area contributed by atoms with Gasteiger partial charge in [-0.1, -0.05) is 19.8 Å². The number of unbranched alkanes of at least 4 members (excludes halogenated alkanes) is 2. The normalized spacial score (nSPS) is 9.20. The Labute approximate surface area is 88.7 Å². The van der Waals surface area contributed by atoms with Gasteiger partial charge >= 0.3 is 0 Å². The third-order valence-electron chi connectivity index (χ3n) is 1.99. The van der Waals surface area contributed by atoms with Crippen LogP contribution < -0.4 is 4.57 Å². The summed E-state index contributed by atoms with van der Waals surface area (Å²) in [6, 6.07) is 0. The van der Waals surface area contributed by atoms with Crippen molar-refractivity contribution in [3.63, 3.8) is 0 Å². The van der Waals surface area contributed by atoms with Crippen molar-refractivity contribution < 1.29 is 9.65 Å². The maximum Gasteiger partial charge on any atom is 0.253 e. The number of hydrogen-bond donors (Lipinski definition) is 1. The van der Waals surface area contributed by atoms with Gasteiger partial charge in [-0.25, -0.2) is 9.55 Å². The lowest BCUT2D eigenvalue weighted by molar-refractivity contribution is -0.677. The zero-order chi connectivity index (χ0) is 11.7. The van der Waals surface area contributed by atoms with Crippen molar-refractivity contribution in [3.8, 4) is 0 Å². The van der Waals surface area contributed by atoms with E-state index in [0.717, 1.165) is 0 Å². The molecule has 0 bridgehead atoms. The Balaban J connectivity index is 0.000000423. The number of nitrogens with zero attached hydrogens (tertiary/aromatic N) is 2. The molecule has 1 aromatic rings. The molecule has 6 nitrogen and oxygen atoms in total. The molecular formula is C9H17N3O3. The molecule has 1 N–H and O–H groups in total. The minimum Gasteiger partial charge on any atom is -0.356 e. The Bertz CT molecular complexity index is 282. The van der Waals surface area contributed by atoms with Gasteiger partial charge in [-0.05, 0) is 6.42 Å². The summed E-state index contributed by atoms with van der Waals surface area (Å²) < 4.78 is 2.15. The first kappa shape index (κ1) is 13.4. The minimum absolute atomic E-state index is 1.18. The van der Waals surface area contributed by atoms with Crippen molar-refractivity contribution >= 4 is 0 Å². The molecule has 0 aliphatic carbocycles. The zero-order valence-corrected chi connectivity index (χ0v) is 9.10. The topological polar surface area (TPSA) is 85.9 Å². The smallest absolute Gasteiger partial charge is 0.253 e. The molecule has 0 unspecified atom stereocenters. The van der Waals surface area contributed by atoms with Gasteiger partial charge in [0.15, 0.2) is 0 Å². The lowest BCUT2D eigenvalue weighted by Gasteiger charge is -1.93. The molecular weight excluding hydrogens is 198 g/mol. The molecule has 1 heterocycles. The number of rotatable bonds is 4.